The number of hydrogen-bond acceptors (Lipinski definition) is 6. The average molecular weight is 372 g/mol. The summed E-state index contributed by atoms with van der Waals surface area (Å²) in [4.78, 5) is 13.5. The van der Waals surface area contributed by atoms with Gasteiger partial charge in [0.1, 0.15) is 5.76 Å². The molecule has 7 nitrogen and oxygen atoms in total. The van der Waals surface area contributed by atoms with Gasteiger partial charge in [0.2, 0.25) is 5.91 Å². The lowest BCUT2D eigenvalue weighted by atomic mass is 9.75. The Morgan fingerprint density at radius 2 is 1.96 bits per heavy atom. The van der Waals surface area contributed by atoms with Gasteiger partial charge in [-0.1, -0.05) is 38.0 Å². The zero-order valence-corrected chi connectivity index (χ0v) is 16.8. The summed E-state index contributed by atoms with van der Waals surface area (Å²) in [5.41, 5.74) is 4.18. The summed E-state index contributed by atoms with van der Waals surface area (Å²) in [6.07, 6.45) is 1.57. The molecule has 1 N–H and O–H groups in total. The van der Waals surface area contributed by atoms with Gasteiger partial charge in [0.05, 0.1) is 17.9 Å². The summed E-state index contributed by atoms with van der Waals surface area (Å²) in [6.45, 7) is 12.3. The summed E-state index contributed by atoms with van der Waals surface area (Å²) in [5, 5.41) is 12.4. The van der Waals surface area contributed by atoms with Gasteiger partial charge < -0.3 is 19.3 Å². The van der Waals surface area contributed by atoms with Crippen molar-refractivity contribution in [3.63, 3.8) is 0 Å². The lowest BCUT2D eigenvalue weighted by Gasteiger charge is -2.36. The molecule has 0 radical (unpaired) electrons. The zero-order valence-electron chi connectivity index (χ0n) is 16.8. The second kappa shape index (κ2) is 6.48. The Hall–Kier alpha value is -2.15. The lowest BCUT2D eigenvalue weighted by molar-refractivity contribution is -0.130. The van der Waals surface area contributed by atoms with E-state index in [2.05, 4.69) is 43.3 Å². The quantitative estimate of drug-likeness (QED) is 0.892. The van der Waals surface area contributed by atoms with Crippen molar-refractivity contribution >= 4 is 5.91 Å². The van der Waals surface area contributed by atoms with E-state index in [1.54, 1.807) is 11.8 Å². The molecule has 0 aliphatic carbocycles. The van der Waals surface area contributed by atoms with E-state index >= 15 is 0 Å². The highest BCUT2D eigenvalue weighted by molar-refractivity contribution is 5.73. The molecule has 4 heterocycles. The Labute approximate surface area is 159 Å². The average Bonchev–Trinajstić information content (AvgIpc) is 3.24. The molecule has 146 valence electrons. The highest BCUT2D eigenvalue weighted by atomic mass is 16.5. The molecular weight excluding hydrogens is 344 g/mol. The Balaban J connectivity index is 1.59. The summed E-state index contributed by atoms with van der Waals surface area (Å²) in [5.74, 6) is 2.23. The SMILES string of the molecule is CC(=O)N1CCc2c(C(C)(C)C3Cc4onc(C(C)C)c4CN3)noc2C1. The number of rotatable bonds is 3. The third kappa shape index (κ3) is 2.98. The summed E-state index contributed by atoms with van der Waals surface area (Å²) < 4.78 is 11.3. The van der Waals surface area contributed by atoms with Crippen molar-refractivity contribution in [1.82, 2.24) is 20.5 Å². The van der Waals surface area contributed by atoms with E-state index in [4.69, 9.17) is 9.05 Å². The third-order valence-corrected chi connectivity index (χ3v) is 6.12. The molecule has 1 atom stereocenters. The van der Waals surface area contributed by atoms with Gasteiger partial charge in [0.25, 0.3) is 0 Å². The Kier molecular flexibility index (Phi) is 4.37. The first-order chi connectivity index (χ1) is 12.8. The maximum atomic E-state index is 11.7. The van der Waals surface area contributed by atoms with E-state index in [1.807, 2.05) is 0 Å². The largest absolute Gasteiger partial charge is 0.361 e. The number of aromatic nitrogens is 2. The third-order valence-electron chi connectivity index (χ3n) is 6.12. The van der Waals surface area contributed by atoms with Crippen molar-refractivity contribution in [2.75, 3.05) is 6.54 Å². The van der Waals surface area contributed by atoms with Crippen LogP contribution < -0.4 is 5.32 Å². The maximum Gasteiger partial charge on any atom is 0.219 e. The van der Waals surface area contributed by atoms with E-state index < -0.39 is 0 Å². The fourth-order valence-electron chi connectivity index (χ4n) is 4.32. The Morgan fingerprint density at radius 3 is 2.67 bits per heavy atom. The minimum absolute atomic E-state index is 0.0746. The normalized spacial score (nSPS) is 19.9. The fourth-order valence-corrected chi connectivity index (χ4v) is 4.32. The monoisotopic (exact) mass is 372 g/mol. The van der Waals surface area contributed by atoms with E-state index in [9.17, 15) is 4.79 Å². The van der Waals surface area contributed by atoms with Gasteiger partial charge in [-0.15, -0.1) is 0 Å². The molecular formula is C20H28N4O3. The molecule has 2 aliphatic heterocycles. The van der Waals surface area contributed by atoms with Crippen LogP contribution in [-0.2, 0) is 36.1 Å². The Morgan fingerprint density at radius 1 is 1.22 bits per heavy atom. The number of amides is 1. The van der Waals surface area contributed by atoms with Crippen LogP contribution in [0.3, 0.4) is 0 Å². The molecule has 1 amide bonds. The van der Waals surface area contributed by atoms with Gasteiger partial charge in [0.15, 0.2) is 5.76 Å². The van der Waals surface area contributed by atoms with Gasteiger partial charge in [-0.2, -0.15) is 0 Å². The first kappa shape index (κ1) is 18.2. The molecule has 0 saturated carbocycles. The molecule has 4 rings (SSSR count). The van der Waals surface area contributed by atoms with Gasteiger partial charge in [-0.25, -0.2) is 0 Å². The minimum atomic E-state index is -0.224. The highest BCUT2D eigenvalue weighted by Crippen LogP contribution is 2.37. The van der Waals surface area contributed by atoms with Crippen molar-refractivity contribution in [1.29, 1.82) is 0 Å². The molecule has 0 saturated heterocycles. The first-order valence-electron chi connectivity index (χ1n) is 9.73. The number of nitrogens with one attached hydrogen (secondary N) is 1. The molecule has 2 aliphatic rings. The van der Waals surface area contributed by atoms with Crippen molar-refractivity contribution in [3.05, 3.63) is 34.0 Å². The van der Waals surface area contributed by atoms with Crippen LogP contribution in [0.4, 0.5) is 0 Å². The molecule has 0 bridgehead atoms. The number of fused-ring (bicyclic) bond motifs is 2. The van der Waals surface area contributed by atoms with Crippen LogP contribution in [0.15, 0.2) is 9.05 Å². The smallest absolute Gasteiger partial charge is 0.219 e. The lowest BCUT2D eigenvalue weighted by Crippen LogP contribution is -2.49. The number of nitrogens with zero attached hydrogens (tertiary/aromatic N) is 3. The topological polar surface area (TPSA) is 84.4 Å². The number of carbonyl (C=O) groups excluding carboxylic acids is 1. The molecule has 2 aromatic rings. The van der Waals surface area contributed by atoms with Crippen LogP contribution in [0.1, 0.15) is 74.6 Å². The van der Waals surface area contributed by atoms with Gasteiger partial charge in [-0.3, -0.25) is 4.79 Å². The van der Waals surface area contributed by atoms with E-state index in [0.717, 1.165) is 47.9 Å². The number of hydrogen-bond donors (Lipinski definition) is 1. The second-order valence-electron chi connectivity index (χ2n) is 8.61. The van der Waals surface area contributed by atoms with Crippen LogP contribution in [0.5, 0.6) is 0 Å². The van der Waals surface area contributed by atoms with E-state index in [-0.39, 0.29) is 17.4 Å². The zero-order chi connectivity index (χ0) is 19.3. The van der Waals surface area contributed by atoms with Crippen LogP contribution in [-0.4, -0.2) is 33.7 Å². The van der Waals surface area contributed by atoms with Gasteiger partial charge in [0, 0.05) is 49.0 Å². The van der Waals surface area contributed by atoms with Crippen molar-refractivity contribution in [3.8, 4) is 0 Å². The Bertz CT molecular complexity index is 865. The highest BCUT2D eigenvalue weighted by Gasteiger charge is 2.41. The van der Waals surface area contributed by atoms with Crippen molar-refractivity contribution < 1.29 is 13.8 Å². The molecule has 7 heteroatoms. The van der Waals surface area contributed by atoms with Gasteiger partial charge >= 0.3 is 0 Å². The first-order valence-corrected chi connectivity index (χ1v) is 9.73. The molecule has 0 spiro atoms. The maximum absolute atomic E-state index is 11.7. The predicted molar refractivity (Wildman–Crippen MR) is 99.2 cm³/mol. The van der Waals surface area contributed by atoms with Crippen molar-refractivity contribution in [2.24, 2.45) is 0 Å². The molecule has 0 fully saturated rings. The summed E-state index contributed by atoms with van der Waals surface area (Å²) in [6, 6.07) is 0.179. The second-order valence-corrected chi connectivity index (χ2v) is 8.61. The van der Waals surface area contributed by atoms with Gasteiger partial charge in [-0.05, 0) is 12.3 Å². The molecule has 2 aromatic heterocycles. The molecule has 0 aromatic carbocycles. The molecule has 27 heavy (non-hydrogen) atoms. The van der Waals surface area contributed by atoms with Crippen LogP contribution in [0, 0.1) is 0 Å². The minimum Gasteiger partial charge on any atom is -0.361 e. The predicted octanol–water partition coefficient (Wildman–Crippen LogP) is 2.68. The van der Waals surface area contributed by atoms with Crippen molar-refractivity contribution in [2.45, 2.75) is 77.9 Å². The standard InChI is InChI=1S/C20H28N4O3/c1-11(2)18-14-9-21-17(8-15(14)26-22-18)20(4,5)19-13-6-7-24(12(3)25)10-16(13)27-23-19/h11,17,21H,6-10H2,1-5H3. The summed E-state index contributed by atoms with van der Waals surface area (Å²) >= 11 is 0. The summed E-state index contributed by atoms with van der Waals surface area (Å²) in [7, 11) is 0. The van der Waals surface area contributed by atoms with E-state index in [0.29, 0.717) is 19.0 Å². The number of carbonyl (C=O) groups is 1. The molecule has 1 unspecified atom stereocenters. The fraction of sp³-hybridized carbons (Fsp3) is 0.650. The van der Waals surface area contributed by atoms with Crippen LogP contribution in [0.25, 0.3) is 0 Å². The van der Waals surface area contributed by atoms with Crippen LogP contribution >= 0.6 is 0 Å². The van der Waals surface area contributed by atoms with Crippen LogP contribution in [0.2, 0.25) is 0 Å². The van der Waals surface area contributed by atoms with E-state index in [1.165, 1.54) is 5.56 Å².